The molecule has 0 spiro atoms. The van der Waals surface area contributed by atoms with Crippen LogP contribution in [0, 0.1) is 17.2 Å². The molecule has 1 aliphatic rings. The van der Waals surface area contributed by atoms with Gasteiger partial charge >= 0.3 is 6.09 Å². The van der Waals surface area contributed by atoms with E-state index in [-0.39, 0.29) is 12.7 Å². The molecule has 2 heterocycles. The first-order valence-electron chi connectivity index (χ1n) is 10.7. The number of nitrogens with zero attached hydrogens (tertiary/aromatic N) is 3. The van der Waals surface area contributed by atoms with Crippen molar-refractivity contribution in [1.82, 2.24) is 9.88 Å². The summed E-state index contributed by atoms with van der Waals surface area (Å²) in [5.41, 5.74) is 2.78. The van der Waals surface area contributed by atoms with Gasteiger partial charge in [0.25, 0.3) is 0 Å². The van der Waals surface area contributed by atoms with Crippen LogP contribution in [0.3, 0.4) is 0 Å². The van der Waals surface area contributed by atoms with Crippen LogP contribution in [0.25, 0.3) is 11.1 Å². The number of carbonyl (C=O) groups excluding carboxylic acids is 1. The van der Waals surface area contributed by atoms with Crippen LogP contribution >= 0.6 is 11.3 Å². The first-order chi connectivity index (χ1) is 15.7. The first kappa shape index (κ1) is 21.8. The Morgan fingerprint density at radius 3 is 2.69 bits per heavy atom. The maximum Gasteiger partial charge on any atom is 0.410 e. The molecule has 164 valence electrons. The third-order valence-electron chi connectivity index (χ3n) is 5.65. The van der Waals surface area contributed by atoms with Crippen molar-refractivity contribution in [3.05, 3.63) is 70.7 Å². The molecule has 1 fully saturated rings. The smallest absolute Gasteiger partial charge is 0.410 e. The average Bonchev–Trinajstić information content (AvgIpc) is 3.37. The molecule has 4 rings (SSSR count). The molecule has 32 heavy (non-hydrogen) atoms. The Kier molecular flexibility index (Phi) is 7.36. The minimum absolute atomic E-state index is 0.242. The summed E-state index contributed by atoms with van der Waals surface area (Å²) in [7, 11) is 0. The van der Waals surface area contributed by atoms with E-state index >= 15 is 0 Å². The van der Waals surface area contributed by atoms with Crippen molar-refractivity contribution in [2.75, 3.05) is 19.7 Å². The van der Waals surface area contributed by atoms with Gasteiger partial charge in [0.05, 0.1) is 18.2 Å². The van der Waals surface area contributed by atoms with Gasteiger partial charge < -0.3 is 14.4 Å². The molecule has 1 saturated heterocycles. The number of likely N-dealkylation sites (tertiary alicyclic amines) is 1. The highest BCUT2D eigenvalue weighted by atomic mass is 32.1. The number of hydrogen-bond donors (Lipinski definition) is 0. The molecular weight excluding hydrogens is 422 g/mol. The summed E-state index contributed by atoms with van der Waals surface area (Å²) in [4.78, 5) is 18.1. The van der Waals surface area contributed by atoms with Crippen molar-refractivity contribution >= 4 is 17.4 Å². The molecule has 0 N–H and O–H groups in total. The van der Waals surface area contributed by atoms with Gasteiger partial charge in [-0.25, -0.2) is 9.78 Å². The number of carbonyl (C=O) groups is 1. The third kappa shape index (κ3) is 5.86. The third-order valence-corrected chi connectivity index (χ3v) is 6.40. The van der Waals surface area contributed by atoms with Crippen molar-refractivity contribution in [2.24, 2.45) is 5.92 Å². The van der Waals surface area contributed by atoms with Gasteiger partial charge in [-0.2, -0.15) is 5.26 Å². The van der Waals surface area contributed by atoms with Crippen LogP contribution in [0.15, 0.2) is 60.1 Å². The maximum absolute atomic E-state index is 12.2. The van der Waals surface area contributed by atoms with Gasteiger partial charge in [-0.1, -0.05) is 24.3 Å². The number of aromatic nitrogens is 1. The molecule has 0 bridgehead atoms. The standard InChI is InChI=1S/C25H25N3O3S/c26-17-20-4-6-21(7-5-20)22-2-1-3-23(16-22)30-14-10-19-8-12-28(13-9-19)25(29)31-18-24-27-11-15-32-24/h1-7,11,15-16,19H,8-10,12-14,18H2. The number of thiazole rings is 1. The summed E-state index contributed by atoms with van der Waals surface area (Å²) in [6.07, 6.45) is 4.34. The fourth-order valence-electron chi connectivity index (χ4n) is 3.79. The van der Waals surface area contributed by atoms with E-state index in [1.807, 2.05) is 53.9 Å². The van der Waals surface area contributed by atoms with Crippen LogP contribution in [-0.4, -0.2) is 35.7 Å². The van der Waals surface area contributed by atoms with Gasteiger partial charge in [0, 0.05) is 24.7 Å². The van der Waals surface area contributed by atoms with Gasteiger partial charge in [0.1, 0.15) is 17.4 Å². The SMILES string of the molecule is N#Cc1ccc(-c2cccc(OCCC3CCN(C(=O)OCc4nccs4)CC3)c2)cc1. The molecule has 0 atom stereocenters. The largest absolute Gasteiger partial charge is 0.494 e. The van der Waals surface area contributed by atoms with Gasteiger partial charge in [0.2, 0.25) is 0 Å². The van der Waals surface area contributed by atoms with Crippen LogP contribution in [0.5, 0.6) is 5.75 Å². The molecular formula is C25H25N3O3S. The molecule has 2 aromatic carbocycles. The highest BCUT2D eigenvalue weighted by molar-refractivity contribution is 7.09. The quantitative estimate of drug-likeness (QED) is 0.478. The number of rotatable bonds is 7. The lowest BCUT2D eigenvalue weighted by Gasteiger charge is -2.31. The molecule has 0 unspecified atom stereocenters. The number of piperidine rings is 1. The normalized spacial score (nSPS) is 14.0. The molecule has 7 heteroatoms. The molecule has 1 aliphatic heterocycles. The fraction of sp³-hybridized carbons (Fsp3) is 0.320. The van der Waals surface area contributed by atoms with Crippen LogP contribution < -0.4 is 4.74 Å². The zero-order valence-electron chi connectivity index (χ0n) is 17.8. The fourth-order valence-corrected chi connectivity index (χ4v) is 4.32. The highest BCUT2D eigenvalue weighted by Crippen LogP contribution is 2.26. The number of hydrogen-bond acceptors (Lipinski definition) is 6. The second kappa shape index (κ2) is 10.8. The van der Waals surface area contributed by atoms with Gasteiger partial charge in [0.15, 0.2) is 0 Å². The first-order valence-corrected chi connectivity index (χ1v) is 11.6. The lowest BCUT2D eigenvalue weighted by atomic mass is 9.94. The van der Waals surface area contributed by atoms with Crippen LogP contribution in [0.2, 0.25) is 0 Å². The van der Waals surface area contributed by atoms with Crippen molar-refractivity contribution in [1.29, 1.82) is 5.26 Å². The summed E-state index contributed by atoms with van der Waals surface area (Å²) in [5, 5.41) is 11.6. The Labute approximate surface area is 192 Å². The van der Waals surface area contributed by atoms with E-state index < -0.39 is 0 Å². The number of benzene rings is 2. The highest BCUT2D eigenvalue weighted by Gasteiger charge is 2.24. The van der Waals surface area contributed by atoms with E-state index in [9.17, 15) is 4.79 Å². The second-order valence-electron chi connectivity index (χ2n) is 7.76. The van der Waals surface area contributed by atoms with E-state index in [4.69, 9.17) is 14.7 Å². The number of amides is 1. The van der Waals surface area contributed by atoms with Crippen molar-refractivity contribution in [3.63, 3.8) is 0 Å². The van der Waals surface area contributed by atoms with E-state index in [1.54, 1.807) is 11.1 Å². The van der Waals surface area contributed by atoms with Gasteiger partial charge in [-0.15, -0.1) is 11.3 Å². The predicted molar refractivity (Wildman–Crippen MR) is 123 cm³/mol. The molecule has 0 saturated carbocycles. The minimum atomic E-state index is -0.255. The molecule has 3 aromatic rings. The number of ether oxygens (including phenoxy) is 2. The molecule has 1 amide bonds. The maximum atomic E-state index is 12.2. The predicted octanol–water partition coefficient (Wildman–Crippen LogP) is 5.50. The minimum Gasteiger partial charge on any atom is -0.494 e. The summed E-state index contributed by atoms with van der Waals surface area (Å²) in [5.74, 6) is 1.38. The lowest BCUT2D eigenvalue weighted by molar-refractivity contribution is 0.0799. The van der Waals surface area contributed by atoms with Crippen molar-refractivity contribution in [2.45, 2.75) is 25.9 Å². The molecule has 0 radical (unpaired) electrons. The zero-order valence-corrected chi connectivity index (χ0v) is 18.6. The Bertz CT molecular complexity index is 1050. The van der Waals surface area contributed by atoms with E-state index in [2.05, 4.69) is 11.1 Å². The van der Waals surface area contributed by atoms with E-state index in [0.29, 0.717) is 18.1 Å². The Morgan fingerprint density at radius 2 is 1.97 bits per heavy atom. The summed E-state index contributed by atoms with van der Waals surface area (Å²) in [6, 6.07) is 17.7. The Balaban J connectivity index is 1.19. The van der Waals surface area contributed by atoms with Crippen LogP contribution in [-0.2, 0) is 11.3 Å². The second-order valence-corrected chi connectivity index (χ2v) is 8.74. The van der Waals surface area contributed by atoms with Gasteiger partial charge in [-0.05, 0) is 60.6 Å². The molecule has 1 aromatic heterocycles. The van der Waals surface area contributed by atoms with E-state index in [0.717, 1.165) is 54.2 Å². The lowest BCUT2D eigenvalue weighted by Crippen LogP contribution is -2.39. The van der Waals surface area contributed by atoms with Crippen molar-refractivity contribution < 1.29 is 14.3 Å². The van der Waals surface area contributed by atoms with Gasteiger partial charge in [-0.3, -0.25) is 0 Å². The van der Waals surface area contributed by atoms with Crippen LogP contribution in [0.4, 0.5) is 4.79 Å². The number of nitriles is 1. The van der Waals surface area contributed by atoms with Crippen molar-refractivity contribution in [3.8, 4) is 22.9 Å². The monoisotopic (exact) mass is 447 g/mol. The van der Waals surface area contributed by atoms with Crippen LogP contribution in [0.1, 0.15) is 29.8 Å². The topological polar surface area (TPSA) is 75.5 Å². The zero-order chi connectivity index (χ0) is 22.2. The Hall–Kier alpha value is -3.37. The Morgan fingerprint density at radius 1 is 1.16 bits per heavy atom. The molecule has 6 nitrogen and oxygen atoms in total. The molecule has 0 aliphatic carbocycles. The summed E-state index contributed by atoms with van der Waals surface area (Å²) in [6.45, 7) is 2.33. The summed E-state index contributed by atoms with van der Waals surface area (Å²) < 4.78 is 11.4. The average molecular weight is 448 g/mol. The summed E-state index contributed by atoms with van der Waals surface area (Å²) >= 11 is 1.49. The van der Waals surface area contributed by atoms with E-state index in [1.165, 1.54) is 11.3 Å².